The average molecular weight is 280 g/mol. The van der Waals surface area contributed by atoms with Crippen molar-refractivity contribution in [3.05, 3.63) is 0 Å². The minimum atomic E-state index is -0.0133. The minimum absolute atomic E-state index is 0.0133. The Morgan fingerprint density at radius 2 is 1.90 bits per heavy atom. The predicted octanol–water partition coefficient (Wildman–Crippen LogP) is 1.39. The zero-order valence-corrected chi connectivity index (χ0v) is 12.7. The van der Waals surface area contributed by atoms with E-state index in [0.29, 0.717) is 11.3 Å². The molecule has 0 unspecified atom stereocenters. The molecule has 1 aliphatic heterocycles. The van der Waals surface area contributed by atoms with Crippen molar-refractivity contribution in [2.24, 2.45) is 16.7 Å². The van der Waals surface area contributed by atoms with Crippen LogP contribution in [0.25, 0.3) is 0 Å². The normalized spacial score (nSPS) is 30.4. The molecule has 1 atom stereocenters. The first-order chi connectivity index (χ1) is 9.61. The van der Waals surface area contributed by atoms with Crippen LogP contribution in [0.1, 0.15) is 44.9 Å². The van der Waals surface area contributed by atoms with Crippen molar-refractivity contribution in [1.82, 2.24) is 10.2 Å². The standard InChI is InChI=1S/C16H28N2O2/c1-18(11-15(12-19)4-2-3-5-15)14(20)13-10-16(13)6-8-17-9-7-16/h13,17,19H,2-12H2,1H3/t13-/m1/s1. The highest BCUT2D eigenvalue weighted by Crippen LogP contribution is 2.59. The van der Waals surface area contributed by atoms with Gasteiger partial charge < -0.3 is 15.3 Å². The first-order valence-electron chi connectivity index (χ1n) is 8.17. The van der Waals surface area contributed by atoms with Gasteiger partial charge in [-0.15, -0.1) is 0 Å². The molecule has 1 heterocycles. The van der Waals surface area contributed by atoms with Gasteiger partial charge in [0.05, 0.1) is 6.61 Å². The van der Waals surface area contributed by atoms with Crippen molar-refractivity contribution in [1.29, 1.82) is 0 Å². The fourth-order valence-corrected chi connectivity index (χ4v) is 4.51. The highest BCUT2D eigenvalue weighted by atomic mass is 16.3. The summed E-state index contributed by atoms with van der Waals surface area (Å²) in [6, 6.07) is 0. The molecule has 2 aliphatic carbocycles. The second-order valence-corrected chi connectivity index (χ2v) is 7.43. The third kappa shape index (κ3) is 2.48. The third-order valence-corrected chi connectivity index (χ3v) is 6.04. The van der Waals surface area contributed by atoms with Crippen LogP contribution in [0.3, 0.4) is 0 Å². The number of carbonyl (C=O) groups excluding carboxylic acids is 1. The van der Waals surface area contributed by atoms with Gasteiger partial charge in [-0.1, -0.05) is 12.8 Å². The van der Waals surface area contributed by atoms with Gasteiger partial charge in [-0.05, 0) is 50.6 Å². The van der Waals surface area contributed by atoms with Crippen molar-refractivity contribution in [3.63, 3.8) is 0 Å². The number of aliphatic hydroxyl groups excluding tert-OH is 1. The largest absolute Gasteiger partial charge is 0.396 e. The van der Waals surface area contributed by atoms with E-state index in [-0.39, 0.29) is 17.9 Å². The molecule has 114 valence electrons. The maximum Gasteiger partial charge on any atom is 0.226 e. The van der Waals surface area contributed by atoms with Gasteiger partial charge in [-0.25, -0.2) is 0 Å². The van der Waals surface area contributed by atoms with Crippen molar-refractivity contribution in [3.8, 4) is 0 Å². The Balaban J connectivity index is 1.57. The van der Waals surface area contributed by atoms with Crippen LogP contribution in [0.15, 0.2) is 0 Å². The van der Waals surface area contributed by atoms with Gasteiger partial charge in [0, 0.05) is 24.9 Å². The van der Waals surface area contributed by atoms with E-state index in [1.54, 1.807) is 0 Å². The summed E-state index contributed by atoms with van der Waals surface area (Å²) in [7, 11) is 1.94. The summed E-state index contributed by atoms with van der Waals surface area (Å²) in [6.45, 7) is 3.10. The SMILES string of the molecule is CN(CC1(CO)CCCC1)C(=O)[C@H]1CC12CCNCC2. The number of carbonyl (C=O) groups is 1. The Morgan fingerprint density at radius 1 is 1.25 bits per heavy atom. The molecule has 4 heteroatoms. The van der Waals surface area contributed by atoms with Crippen LogP contribution in [0.5, 0.6) is 0 Å². The maximum absolute atomic E-state index is 12.6. The highest BCUT2D eigenvalue weighted by molar-refractivity contribution is 5.82. The van der Waals surface area contributed by atoms with E-state index in [2.05, 4.69) is 5.32 Å². The minimum Gasteiger partial charge on any atom is -0.396 e. The number of nitrogens with one attached hydrogen (secondary N) is 1. The van der Waals surface area contributed by atoms with Gasteiger partial charge >= 0.3 is 0 Å². The zero-order chi connectivity index (χ0) is 14.2. The van der Waals surface area contributed by atoms with E-state index in [0.717, 1.165) is 51.7 Å². The van der Waals surface area contributed by atoms with E-state index < -0.39 is 0 Å². The summed E-state index contributed by atoms with van der Waals surface area (Å²) >= 11 is 0. The first kappa shape index (κ1) is 14.3. The molecule has 3 rings (SSSR count). The van der Waals surface area contributed by atoms with E-state index in [9.17, 15) is 9.90 Å². The topological polar surface area (TPSA) is 52.6 Å². The maximum atomic E-state index is 12.6. The zero-order valence-electron chi connectivity index (χ0n) is 12.7. The van der Waals surface area contributed by atoms with E-state index >= 15 is 0 Å². The van der Waals surface area contributed by atoms with Crippen LogP contribution < -0.4 is 5.32 Å². The highest BCUT2D eigenvalue weighted by Gasteiger charge is 2.58. The number of hydrogen-bond acceptors (Lipinski definition) is 3. The van der Waals surface area contributed by atoms with Crippen LogP contribution in [0, 0.1) is 16.7 Å². The van der Waals surface area contributed by atoms with Crippen LogP contribution in [-0.4, -0.2) is 49.2 Å². The van der Waals surface area contributed by atoms with E-state index in [4.69, 9.17) is 0 Å². The van der Waals surface area contributed by atoms with Gasteiger partial charge in [0.2, 0.25) is 5.91 Å². The molecule has 0 radical (unpaired) electrons. The van der Waals surface area contributed by atoms with Crippen molar-refractivity contribution in [2.75, 3.05) is 33.3 Å². The van der Waals surface area contributed by atoms with Gasteiger partial charge in [0.15, 0.2) is 0 Å². The Morgan fingerprint density at radius 3 is 2.50 bits per heavy atom. The molecule has 1 spiro atoms. The second-order valence-electron chi connectivity index (χ2n) is 7.43. The lowest BCUT2D eigenvalue weighted by atomic mass is 9.86. The molecule has 0 aromatic heterocycles. The predicted molar refractivity (Wildman–Crippen MR) is 78.3 cm³/mol. The molecule has 0 bridgehead atoms. The molecule has 0 aromatic carbocycles. The molecule has 1 saturated heterocycles. The monoisotopic (exact) mass is 280 g/mol. The van der Waals surface area contributed by atoms with Gasteiger partial charge in [0.25, 0.3) is 0 Å². The van der Waals surface area contributed by atoms with Crippen LogP contribution in [0.2, 0.25) is 0 Å². The van der Waals surface area contributed by atoms with E-state index in [1.807, 2.05) is 11.9 Å². The van der Waals surface area contributed by atoms with Crippen molar-refractivity contribution >= 4 is 5.91 Å². The molecule has 2 N–H and O–H groups in total. The number of rotatable bonds is 4. The van der Waals surface area contributed by atoms with Gasteiger partial charge in [-0.2, -0.15) is 0 Å². The number of amides is 1. The molecule has 4 nitrogen and oxygen atoms in total. The summed E-state index contributed by atoms with van der Waals surface area (Å²) < 4.78 is 0. The van der Waals surface area contributed by atoms with Crippen molar-refractivity contribution in [2.45, 2.75) is 44.9 Å². The lowest BCUT2D eigenvalue weighted by Crippen LogP contribution is -2.41. The number of aliphatic hydroxyl groups is 1. The summed E-state index contributed by atoms with van der Waals surface area (Å²) in [5.41, 5.74) is 0.305. The van der Waals surface area contributed by atoms with Gasteiger partial charge in [0.1, 0.15) is 0 Å². The van der Waals surface area contributed by atoms with Crippen LogP contribution >= 0.6 is 0 Å². The average Bonchev–Trinajstić information content (AvgIpc) is 2.95. The molecule has 1 amide bonds. The van der Waals surface area contributed by atoms with Crippen LogP contribution in [-0.2, 0) is 4.79 Å². The molecule has 3 aliphatic rings. The summed E-state index contributed by atoms with van der Waals surface area (Å²) in [5, 5.41) is 13.1. The molecular formula is C16H28N2O2. The smallest absolute Gasteiger partial charge is 0.226 e. The van der Waals surface area contributed by atoms with Crippen LogP contribution in [0.4, 0.5) is 0 Å². The summed E-state index contributed by atoms with van der Waals surface area (Å²) in [5.74, 6) is 0.582. The fourth-order valence-electron chi connectivity index (χ4n) is 4.51. The third-order valence-electron chi connectivity index (χ3n) is 6.04. The number of hydrogen-bond donors (Lipinski definition) is 2. The molecular weight excluding hydrogens is 252 g/mol. The Hall–Kier alpha value is -0.610. The molecule has 0 aromatic rings. The van der Waals surface area contributed by atoms with Gasteiger partial charge in [-0.3, -0.25) is 4.79 Å². The molecule has 2 saturated carbocycles. The first-order valence-corrected chi connectivity index (χ1v) is 8.17. The molecule has 20 heavy (non-hydrogen) atoms. The second kappa shape index (κ2) is 5.30. The summed E-state index contributed by atoms with van der Waals surface area (Å²) in [6.07, 6.45) is 7.93. The Bertz CT molecular complexity index is 371. The Kier molecular flexibility index (Phi) is 3.80. The number of piperidine rings is 1. The summed E-state index contributed by atoms with van der Waals surface area (Å²) in [4.78, 5) is 14.6. The quantitative estimate of drug-likeness (QED) is 0.818. The van der Waals surface area contributed by atoms with Crippen molar-refractivity contribution < 1.29 is 9.90 Å². The lowest BCUT2D eigenvalue weighted by Gasteiger charge is -2.32. The number of nitrogens with zero attached hydrogens (tertiary/aromatic N) is 1. The molecule has 3 fully saturated rings. The van der Waals surface area contributed by atoms with E-state index in [1.165, 1.54) is 12.8 Å². The fraction of sp³-hybridized carbons (Fsp3) is 0.938. The lowest BCUT2D eigenvalue weighted by molar-refractivity contribution is -0.134. The Labute approximate surface area is 121 Å².